The highest BCUT2D eigenvalue weighted by molar-refractivity contribution is 6.35. The van der Waals surface area contributed by atoms with Crippen LogP contribution in [-0.4, -0.2) is 6.04 Å². The van der Waals surface area contributed by atoms with E-state index in [4.69, 9.17) is 27.6 Å². The minimum atomic E-state index is 0. The van der Waals surface area contributed by atoms with Crippen LogP contribution in [0.4, 0.5) is 0 Å². The van der Waals surface area contributed by atoms with Crippen molar-refractivity contribution in [3.05, 3.63) is 46.1 Å². The van der Waals surface area contributed by atoms with Crippen LogP contribution in [-0.2, 0) is 6.54 Å². The molecule has 0 aliphatic heterocycles. The number of hydrogen-bond donors (Lipinski definition) is 1. The SMILES string of the molecule is CC(C)NCc1ccc(-c2cc(Cl)ccc2Cl)o1.Cl. The van der Waals surface area contributed by atoms with Crippen LogP contribution in [0.2, 0.25) is 10.0 Å². The third-order valence-electron chi connectivity index (χ3n) is 2.54. The molecule has 1 N–H and O–H groups in total. The van der Waals surface area contributed by atoms with Gasteiger partial charge in [-0.15, -0.1) is 12.4 Å². The summed E-state index contributed by atoms with van der Waals surface area (Å²) in [5, 5.41) is 4.58. The minimum absolute atomic E-state index is 0. The number of rotatable bonds is 4. The summed E-state index contributed by atoms with van der Waals surface area (Å²) in [5.74, 6) is 1.62. The molecule has 2 rings (SSSR count). The van der Waals surface area contributed by atoms with Gasteiger partial charge < -0.3 is 9.73 Å². The highest BCUT2D eigenvalue weighted by atomic mass is 35.5. The van der Waals surface area contributed by atoms with Crippen LogP contribution in [0.1, 0.15) is 19.6 Å². The summed E-state index contributed by atoms with van der Waals surface area (Å²) in [6, 6.07) is 9.62. The second-order valence-electron chi connectivity index (χ2n) is 4.43. The molecule has 0 radical (unpaired) electrons. The van der Waals surface area contributed by atoms with E-state index in [2.05, 4.69) is 19.2 Å². The van der Waals surface area contributed by atoms with E-state index in [1.807, 2.05) is 18.2 Å². The standard InChI is InChI=1S/C14H15Cl2NO.ClH/c1-9(2)17-8-11-4-6-14(18-11)12-7-10(15)3-5-13(12)16;/h3-7,9,17H,8H2,1-2H3;1H. The topological polar surface area (TPSA) is 25.2 Å². The third-order valence-corrected chi connectivity index (χ3v) is 3.10. The van der Waals surface area contributed by atoms with Gasteiger partial charge in [0.15, 0.2) is 0 Å². The highest BCUT2D eigenvalue weighted by Gasteiger charge is 2.09. The Hall–Kier alpha value is -0.670. The van der Waals surface area contributed by atoms with Gasteiger partial charge in [0.1, 0.15) is 11.5 Å². The Kier molecular flexibility index (Phi) is 6.21. The van der Waals surface area contributed by atoms with Gasteiger partial charge in [-0.25, -0.2) is 0 Å². The first kappa shape index (κ1) is 16.4. The molecular formula is C14H16Cl3NO. The molecule has 0 aliphatic rings. The summed E-state index contributed by atoms with van der Waals surface area (Å²) in [7, 11) is 0. The maximum atomic E-state index is 6.13. The van der Waals surface area contributed by atoms with E-state index in [1.54, 1.807) is 12.1 Å². The van der Waals surface area contributed by atoms with Crippen molar-refractivity contribution in [3.8, 4) is 11.3 Å². The van der Waals surface area contributed by atoms with Gasteiger partial charge in [-0.3, -0.25) is 0 Å². The molecule has 0 bridgehead atoms. The van der Waals surface area contributed by atoms with Crippen molar-refractivity contribution in [1.82, 2.24) is 5.32 Å². The van der Waals surface area contributed by atoms with Crippen LogP contribution >= 0.6 is 35.6 Å². The Morgan fingerprint density at radius 1 is 1.16 bits per heavy atom. The monoisotopic (exact) mass is 319 g/mol. The van der Waals surface area contributed by atoms with Crippen molar-refractivity contribution >= 4 is 35.6 Å². The number of halogens is 3. The van der Waals surface area contributed by atoms with Crippen LogP contribution in [0.25, 0.3) is 11.3 Å². The molecule has 0 amide bonds. The average Bonchev–Trinajstić information content (AvgIpc) is 2.78. The molecular weight excluding hydrogens is 305 g/mol. The quantitative estimate of drug-likeness (QED) is 0.840. The highest BCUT2D eigenvalue weighted by Crippen LogP contribution is 2.31. The molecule has 0 fully saturated rings. The van der Waals surface area contributed by atoms with Gasteiger partial charge >= 0.3 is 0 Å². The van der Waals surface area contributed by atoms with Gasteiger partial charge in [0.25, 0.3) is 0 Å². The van der Waals surface area contributed by atoms with Gasteiger partial charge in [-0.2, -0.15) is 0 Å². The predicted octanol–water partition coefficient (Wildman–Crippen LogP) is 5.17. The molecule has 2 nitrogen and oxygen atoms in total. The van der Waals surface area contributed by atoms with Crippen LogP contribution in [0.15, 0.2) is 34.7 Å². The lowest BCUT2D eigenvalue weighted by atomic mass is 10.2. The smallest absolute Gasteiger partial charge is 0.135 e. The molecule has 0 spiro atoms. The second kappa shape index (κ2) is 7.20. The molecule has 0 aliphatic carbocycles. The zero-order valence-electron chi connectivity index (χ0n) is 10.7. The van der Waals surface area contributed by atoms with E-state index >= 15 is 0 Å². The summed E-state index contributed by atoms with van der Waals surface area (Å²) < 4.78 is 5.75. The third kappa shape index (κ3) is 4.43. The van der Waals surface area contributed by atoms with Gasteiger partial charge in [0, 0.05) is 16.6 Å². The largest absolute Gasteiger partial charge is 0.460 e. The van der Waals surface area contributed by atoms with Crippen molar-refractivity contribution < 1.29 is 4.42 Å². The van der Waals surface area contributed by atoms with Crippen molar-refractivity contribution in [2.75, 3.05) is 0 Å². The van der Waals surface area contributed by atoms with E-state index in [0.29, 0.717) is 22.6 Å². The molecule has 0 saturated carbocycles. The van der Waals surface area contributed by atoms with Gasteiger partial charge in [-0.05, 0) is 30.3 Å². The molecule has 104 valence electrons. The fourth-order valence-corrected chi connectivity index (χ4v) is 1.99. The number of furan rings is 1. The van der Waals surface area contributed by atoms with Crippen molar-refractivity contribution in [3.63, 3.8) is 0 Å². The van der Waals surface area contributed by atoms with E-state index in [9.17, 15) is 0 Å². The van der Waals surface area contributed by atoms with Crippen LogP contribution < -0.4 is 5.32 Å². The maximum Gasteiger partial charge on any atom is 0.135 e. The fourth-order valence-electron chi connectivity index (χ4n) is 1.61. The minimum Gasteiger partial charge on any atom is -0.460 e. The van der Waals surface area contributed by atoms with Crippen LogP contribution in [0, 0.1) is 0 Å². The average molecular weight is 321 g/mol. The van der Waals surface area contributed by atoms with E-state index in [0.717, 1.165) is 17.1 Å². The van der Waals surface area contributed by atoms with Gasteiger partial charge in [-0.1, -0.05) is 37.0 Å². The van der Waals surface area contributed by atoms with Crippen molar-refractivity contribution in [1.29, 1.82) is 0 Å². The first-order valence-electron chi connectivity index (χ1n) is 5.84. The zero-order valence-corrected chi connectivity index (χ0v) is 13.1. The molecule has 1 heterocycles. The first-order valence-corrected chi connectivity index (χ1v) is 6.59. The molecule has 0 unspecified atom stereocenters. The van der Waals surface area contributed by atoms with Crippen LogP contribution in [0.3, 0.4) is 0 Å². The molecule has 1 aromatic carbocycles. The van der Waals surface area contributed by atoms with Crippen molar-refractivity contribution in [2.45, 2.75) is 26.4 Å². The Morgan fingerprint density at radius 2 is 1.89 bits per heavy atom. The Balaban J connectivity index is 0.00000180. The normalized spacial score (nSPS) is 10.6. The Morgan fingerprint density at radius 3 is 2.58 bits per heavy atom. The maximum absolute atomic E-state index is 6.13. The summed E-state index contributed by atoms with van der Waals surface area (Å²) in [6.45, 7) is 4.89. The van der Waals surface area contributed by atoms with E-state index in [-0.39, 0.29) is 12.4 Å². The van der Waals surface area contributed by atoms with Gasteiger partial charge in [0.05, 0.1) is 11.6 Å². The predicted molar refractivity (Wildman–Crippen MR) is 83.4 cm³/mol. The van der Waals surface area contributed by atoms with E-state index < -0.39 is 0 Å². The molecule has 5 heteroatoms. The summed E-state index contributed by atoms with van der Waals surface area (Å²) in [4.78, 5) is 0. The zero-order chi connectivity index (χ0) is 13.1. The van der Waals surface area contributed by atoms with Gasteiger partial charge in [0.2, 0.25) is 0 Å². The molecule has 0 atom stereocenters. The number of hydrogen-bond acceptors (Lipinski definition) is 2. The fraction of sp³-hybridized carbons (Fsp3) is 0.286. The Labute approximate surface area is 129 Å². The van der Waals surface area contributed by atoms with Crippen LogP contribution in [0.5, 0.6) is 0 Å². The lowest BCUT2D eigenvalue weighted by Crippen LogP contribution is -2.21. The summed E-state index contributed by atoms with van der Waals surface area (Å²) >= 11 is 12.1. The Bertz CT molecular complexity index is 537. The number of nitrogens with one attached hydrogen (secondary N) is 1. The van der Waals surface area contributed by atoms with Crippen molar-refractivity contribution in [2.24, 2.45) is 0 Å². The lowest BCUT2D eigenvalue weighted by Gasteiger charge is -2.05. The second-order valence-corrected chi connectivity index (χ2v) is 5.27. The molecule has 2 aromatic rings. The first-order chi connectivity index (χ1) is 8.56. The summed E-state index contributed by atoms with van der Waals surface area (Å²) in [6.07, 6.45) is 0. The summed E-state index contributed by atoms with van der Waals surface area (Å²) in [5.41, 5.74) is 0.819. The molecule has 0 saturated heterocycles. The molecule has 19 heavy (non-hydrogen) atoms. The number of benzene rings is 1. The lowest BCUT2D eigenvalue weighted by molar-refractivity contribution is 0.473. The van der Waals surface area contributed by atoms with E-state index in [1.165, 1.54) is 0 Å². The molecule has 1 aromatic heterocycles.